The van der Waals surface area contributed by atoms with Crippen molar-refractivity contribution < 1.29 is 17.3 Å². The quantitative estimate of drug-likeness (QED) is 0.566. The smallest absolute Gasteiger partial charge is 0.264 e. The van der Waals surface area contributed by atoms with Gasteiger partial charge in [0.15, 0.2) is 0 Å². The van der Waals surface area contributed by atoms with Crippen LogP contribution in [0, 0.1) is 6.92 Å². The highest BCUT2D eigenvalue weighted by Crippen LogP contribution is 2.15. The van der Waals surface area contributed by atoms with Crippen LogP contribution < -0.4 is 4.74 Å². The minimum absolute atomic E-state index is 0.0349. The summed E-state index contributed by atoms with van der Waals surface area (Å²) in [6, 6.07) is 7.53. The molecule has 0 bridgehead atoms. The number of benzene rings is 1. The highest BCUT2D eigenvalue weighted by atomic mass is 32.2. The first-order valence-electron chi connectivity index (χ1n) is 4.52. The first kappa shape index (κ1) is 12.0. The fourth-order valence-corrected chi connectivity index (χ4v) is 1.43. The van der Waals surface area contributed by atoms with E-state index in [2.05, 4.69) is 4.18 Å². The second kappa shape index (κ2) is 5.14. The average molecular weight is 230 g/mol. The summed E-state index contributed by atoms with van der Waals surface area (Å²) in [4.78, 5) is 0. The van der Waals surface area contributed by atoms with Gasteiger partial charge in [-0.2, -0.15) is 8.42 Å². The SMILES string of the molecule is Cc1ccccc1OCCOS(C)(=O)=O. The van der Waals surface area contributed by atoms with Crippen LogP contribution in [0.5, 0.6) is 5.75 Å². The lowest BCUT2D eigenvalue weighted by Crippen LogP contribution is -2.11. The molecule has 0 unspecified atom stereocenters. The lowest BCUT2D eigenvalue weighted by molar-refractivity contribution is 0.221. The fraction of sp³-hybridized carbons (Fsp3) is 0.400. The Balaban J connectivity index is 2.36. The Labute approximate surface area is 90.0 Å². The third kappa shape index (κ3) is 4.80. The fourth-order valence-electron chi connectivity index (χ4n) is 1.06. The topological polar surface area (TPSA) is 52.6 Å². The molecule has 0 aliphatic carbocycles. The Kier molecular flexibility index (Phi) is 4.11. The van der Waals surface area contributed by atoms with Gasteiger partial charge in [-0.3, -0.25) is 4.18 Å². The molecule has 0 aliphatic rings. The van der Waals surface area contributed by atoms with E-state index in [1.165, 1.54) is 0 Å². The van der Waals surface area contributed by atoms with Crippen molar-refractivity contribution in [3.05, 3.63) is 29.8 Å². The number of aryl methyl sites for hydroxylation is 1. The minimum Gasteiger partial charge on any atom is -0.491 e. The van der Waals surface area contributed by atoms with Gasteiger partial charge in [0.2, 0.25) is 0 Å². The molecule has 84 valence electrons. The van der Waals surface area contributed by atoms with E-state index in [0.717, 1.165) is 17.6 Å². The van der Waals surface area contributed by atoms with Crippen molar-refractivity contribution in [2.45, 2.75) is 6.92 Å². The van der Waals surface area contributed by atoms with Crippen molar-refractivity contribution in [3.63, 3.8) is 0 Å². The Morgan fingerprint density at radius 3 is 2.47 bits per heavy atom. The summed E-state index contributed by atoms with van der Waals surface area (Å²) in [5, 5.41) is 0. The molecule has 0 saturated carbocycles. The van der Waals surface area contributed by atoms with Gasteiger partial charge in [0, 0.05) is 0 Å². The van der Waals surface area contributed by atoms with Crippen molar-refractivity contribution in [2.75, 3.05) is 19.5 Å². The maximum atomic E-state index is 10.6. The molecule has 1 rings (SSSR count). The van der Waals surface area contributed by atoms with E-state index < -0.39 is 10.1 Å². The second-order valence-electron chi connectivity index (χ2n) is 3.14. The molecule has 0 aliphatic heterocycles. The van der Waals surface area contributed by atoms with E-state index in [1.807, 2.05) is 31.2 Å². The molecular weight excluding hydrogens is 216 g/mol. The molecule has 0 amide bonds. The molecule has 15 heavy (non-hydrogen) atoms. The maximum Gasteiger partial charge on any atom is 0.264 e. The number of para-hydroxylation sites is 1. The van der Waals surface area contributed by atoms with Crippen molar-refractivity contribution in [1.82, 2.24) is 0 Å². The number of hydrogen-bond donors (Lipinski definition) is 0. The lowest BCUT2D eigenvalue weighted by Gasteiger charge is -2.07. The maximum absolute atomic E-state index is 10.6. The summed E-state index contributed by atoms with van der Waals surface area (Å²) in [5.74, 6) is 0.745. The van der Waals surface area contributed by atoms with Gasteiger partial charge in [-0.05, 0) is 18.6 Å². The van der Waals surface area contributed by atoms with Gasteiger partial charge in [-0.1, -0.05) is 18.2 Å². The predicted molar refractivity (Wildman–Crippen MR) is 57.5 cm³/mol. The van der Waals surface area contributed by atoms with Crippen molar-refractivity contribution >= 4 is 10.1 Å². The van der Waals surface area contributed by atoms with E-state index in [9.17, 15) is 8.42 Å². The molecule has 4 nitrogen and oxygen atoms in total. The van der Waals surface area contributed by atoms with Gasteiger partial charge in [0.1, 0.15) is 19.0 Å². The van der Waals surface area contributed by atoms with Gasteiger partial charge in [-0.15, -0.1) is 0 Å². The van der Waals surface area contributed by atoms with Crippen LogP contribution in [0.1, 0.15) is 5.56 Å². The van der Waals surface area contributed by atoms with Gasteiger partial charge in [0.05, 0.1) is 6.26 Å². The van der Waals surface area contributed by atoms with E-state index in [1.54, 1.807) is 0 Å². The third-order valence-corrected chi connectivity index (χ3v) is 2.33. The van der Waals surface area contributed by atoms with Crippen LogP contribution in [0.4, 0.5) is 0 Å². The standard InChI is InChI=1S/C10H14O4S/c1-9-5-3-4-6-10(9)13-7-8-14-15(2,11)12/h3-6H,7-8H2,1-2H3. The highest BCUT2D eigenvalue weighted by molar-refractivity contribution is 7.85. The largest absolute Gasteiger partial charge is 0.491 e. The molecule has 0 saturated heterocycles. The van der Waals surface area contributed by atoms with E-state index in [4.69, 9.17) is 4.74 Å². The van der Waals surface area contributed by atoms with Crippen LogP contribution in [0.3, 0.4) is 0 Å². The van der Waals surface area contributed by atoms with Crippen LogP contribution in [0.15, 0.2) is 24.3 Å². The number of hydrogen-bond acceptors (Lipinski definition) is 4. The molecule has 1 aromatic rings. The molecule has 1 aromatic carbocycles. The van der Waals surface area contributed by atoms with Crippen LogP contribution >= 0.6 is 0 Å². The second-order valence-corrected chi connectivity index (χ2v) is 4.78. The Hall–Kier alpha value is -1.07. The summed E-state index contributed by atoms with van der Waals surface area (Å²) in [6.45, 7) is 2.18. The summed E-state index contributed by atoms with van der Waals surface area (Å²) in [7, 11) is -3.37. The molecule has 5 heteroatoms. The van der Waals surface area contributed by atoms with Gasteiger partial charge < -0.3 is 4.74 Å². The monoisotopic (exact) mass is 230 g/mol. The van der Waals surface area contributed by atoms with Gasteiger partial charge in [-0.25, -0.2) is 0 Å². The highest BCUT2D eigenvalue weighted by Gasteiger charge is 2.02. The average Bonchev–Trinajstić information content (AvgIpc) is 2.13. The molecule has 0 aromatic heterocycles. The van der Waals surface area contributed by atoms with Crippen LogP contribution in [-0.4, -0.2) is 27.9 Å². The molecule has 0 N–H and O–H groups in total. The zero-order valence-corrected chi connectivity index (χ0v) is 9.58. The van der Waals surface area contributed by atoms with Gasteiger partial charge >= 0.3 is 0 Å². The molecule has 0 atom stereocenters. The normalized spacial score (nSPS) is 11.3. The summed E-state index contributed by atoms with van der Waals surface area (Å²) in [6.07, 6.45) is 1.01. The van der Waals surface area contributed by atoms with Crippen LogP contribution in [0.2, 0.25) is 0 Å². The first-order valence-corrected chi connectivity index (χ1v) is 6.33. The lowest BCUT2D eigenvalue weighted by atomic mass is 10.2. The minimum atomic E-state index is -3.37. The zero-order chi connectivity index (χ0) is 11.3. The Morgan fingerprint density at radius 1 is 1.20 bits per heavy atom. The van der Waals surface area contributed by atoms with Crippen LogP contribution in [0.25, 0.3) is 0 Å². The zero-order valence-electron chi connectivity index (χ0n) is 8.76. The number of ether oxygens (including phenoxy) is 1. The molecular formula is C10H14O4S. The van der Waals surface area contributed by atoms with Crippen molar-refractivity contribution in [3.8, 4) is 5.75 Å². The summed E-state index contributed by atoms with van der Waals surface area (Å²) >= 11 is 0. The Bertz CT molecular complexity index is 411. The predicted octanol–water partition coefficient (Wildman–Crippen LogP) is 1.35. The van der Waals surface area contributed by atoms with E-state index >= 15 is 0 Å². The first-order chi connectivity index (χ1) is 6.99. The van der Waals surface area contributed by atoms with Gasteiger partial charge in [0.25, 0.3) is 10.1 Å². The van der Waals surface area contributed by atoms with Crippen LogP contribution in [-0.2, 0) is 14.3 Å². The molecule has 0 fully saturated rings. The van der Waals surface area contributed by atoms with Crippen molar-refractivity contribution in [1.29, 1.82) is 0 Å². The summed E-state index contributed by atoms with van der Waals surface area (Å²) in [5.41, 5.74) is 1.01. The molecule has 0 radical (unpaired) electrons. The number of rotatable bonds is 5. The van der Waals surface area contributed by atoms with E-state index in [0.29, 0.717) is 0 Å². The summed E-state index contributed by atoms with van der Waals surface area (Å²) < 4.78 is 31.1. The van der Waals surface area contributed by atoms with E-state index in [-0.39, 0.29) is 13.2 Å². The molecule has 0 spiro atoms. The Morgan fingerprint density at radius 2 is 1.87 bits per heavy atom. The third-order valence-electron chi connectivity index (χ3n) is 1.73. The van der Waals surface area contributed by atoms with Crippen molar-refractivity contribution in [2.24, 2.45) is 0 Å². The molecule has 0 heterocycles.